The van der Waals surface area contributed by atoms with Gasteiger partial charge in [0.2, 0.25) is 0 Å². The van der Waals surface area contributed by atoms with Gasteiger partial charge in [-0.1, -0.05) is 43.7 Å². The molecule has 1 rings (SSSR count). The number of carboxylic acid groups (broad SMARTS) is 1. The maximum Gasteiger partial charge on any atom is 0.326 e. The number of hydrogen-bond acceptors (Lipinski definition) is 2. The molecule has 0 aliphatic rings. The molecular weight excluding hydrogens is 232 g/mol. The summed E-state index contributed by atoms with van der Waals surface area (Å²) < 4.78 is 0. The van der Waals surface area contributed by atoms with E-state index in [-0.39, 0.29) is 0 Å². The minimum atomic E-state index is -1.01. The van der Waals surface area contributed by atoms with Gasteiger partial charge >= 0.3 is 12.0 Å². The Hall–Kier alpha value is -2.04. The summed E-state index contributed by atoms with van der Waals surface area (Å²) in [6.07, 6.45) is 1.13. The van der Waals surface area contributed by atoms with E-state index in [1.165, 1.54) is 0 Å². The van der Waals surface area contributed by atoms with E-state index >= 15 is 0 Å². The lowest BCUT2D eigenvalue weighted by Gasteiger charge is -2.14. The molecule has 0 saturated heterocycles. The molecule has 3 N–H and O–H groups in total. The summed E-state index contributed by atoms with van der Waals surface area (Å²) in [6, 6.07) is 8.15. The van der Waals surface area contributed by atoms with Crippen molar-refractivity contribution in [3.05, 3.63) is 35.9 Å². The maximum absolute atomic E-state index is 11.5. The summed E-state index contributed by atoms with van der Waals surface area (Å²) in [7, 11) is 0. The van der Waals surface area contributed by atoms with Crippen molar-refractivity contribution in [2.24, 2.45) is 0 Å². The standard InChI is InChI=1S/C13H18N2O3/c1-2-6-11(12(16)17)15-13(18)14-9-10-7-4-3-5-8-10/h3-5,7-8,11H,2,6,9H2,1H3,(H,16,17)(H2,14,15,18). The summed E-state index contributed by atoms with van der Waals surface area (Å²) in [5.74, 6) is -1.01. The van der Waals surface area contributed by atoms with E-state index in [4.69, 9.17) is 5.11 Å². The van der Waals surface area contributed by atoms with E-state index in [9.17, 15) is 9.59 Å². The van der Waals surface area contributed by atoms with Crippen LogP contribution in [0.1, 0.15) is 25.3 Å². The predicted molar refractivity (Wildman–Crippen MR) is 68.1 cm³/mol. The van der Waals surface area contributed by atoms with E-state index < -0.39 is 18.0 Å². The van der Waals surface area contributed by atoms with Crippen LogP contribution in [0.4, 0.5) is 4.79 Å². The van der Waals surface area contributed by atoms with Gasteiger partial charge in [-0.25, -0.2) is 9.59 Å². The molecule has 5 heteroatoms. The third kappa shape index (κ3) is 4.86. The molecule has 0 saturated carbocycles. The zero-order valence-corrected chi connectivity index (χ0v) is 10.3. The van der Waals surface area contributed by atoms with Gasteiger partial charge in [-0.2, -0.15) is 0 Å². The SMILES string of the molecule is CCCC(NC(=O)NCc1ccccc1)C(=O)O. The Morgan fingerprint density at radius 1 is 1.28 bits per heavy atom. The Labute approximate surface area is 106 Å². The van der Waals surface area contributed by atoms with E-state index in [0.29, 0.717) is 19.4 Å². The molecular formula is C13H18N2O3. The first-order valence-electron chi connectivity index (χ1n) is 5.94. The number of urea groups is 1. The molecule has 5 nitrogen and oxygen atoms in total. The van der Waals surface area contributed by atoms with E-state index in [1.54, 1.807) is 0 Å². The molecule has 2 amide bonds. The molecule has 1 aromatic rings. The average Bonchev–Trinajstić information content (AvgIpc) is 2.37. The van der Waals surface area contributed by atoms with Gasteiger partial charge in [0.15, 0.2) is 0 Å². The number of amides is 2. The van der Waals surface area contributed by atoms with Gasteiger partial charge in [-0.15, -0.1) is 0 Å². The van der Waals surface area contributed by atoms with Crippen LogP contribution in [0.2, 0.25) is 0 Å². The number of aliphatic carboxylic acids is 1. The molecule has 0 bridgehead atoms. The van der Waals surface area contributed by atoms with Gasteiger partial charge in [0.05, 0.1) is 0 Å². The lowest BCUT2D eigenvalue weighted by atomic mass is 10.2. The number of carboxylic acids is 1. The third-order valence-corrected chi connectivity index (χ3v) is 2.48. The van der Waals surface area contributed by atoms with Crippen LogP contribution in [0.25, 0.3) is 0 Å². The van der Waals surface area contributed by atoms with E-state index in [1.807, 2.05) is 37.3 Å². The van der Waals surface area contributed by atoms with Crippen molar-refractivity contribution in [2.45, 2.75) is 32.4 Å². The Morgan fingerprint density at radius 2 is 1.94 bits per heavy atom. The first kappa shape index (κ1) is 14.0. The quantitative estimate of drug-likeness (QED) is 0.719. The summed E-state index contributed by atoms with van der Waals surface area (Å²) >= 11 is 0. The second-order valence-corrected chi connectivity index (χ2v) is 3.99. The van der Waals surface area contributed by atoms with Gasteiger partial charge in [0.25, 0.3) is 0 Å². The summed E-state index contributed by atoms with van der Waals surface area (Å²) in [4.78, 5) is 22.4. The van der Waals surface area contributed by atoms with Gasteiger partial charge in [-0.05, 0) is 12.0 Å². The van der Waals surface area contributed by atoms with Crippen molar-refractivity contribution in [3.63, 3.8) is 0 Å². The van der Waals surface area contributed by atoms with Crippen LogP contribution in [0.3, 0.4) is 0 Å². The Balaban J connectivity index is 2.39. The van der Waals surface area contributed by atoms with Crippen molar-refractivity contribution in [1.82, 2.24) is 10.6 Å². The molecule has 1 unspecified atom stereocenters. The van der Waals surface area contributed by atoms with Gasteiger partial charge in [-0.3, -0.25) is 0 Å². The maximum atomic E-state index is 11.5. The fraction of sp³-hybridized carbons (Fsp3) is 0.385. The molecule has 18 heavy (non-hydrogen) atoms. The second kappa shape index (κ2) is 7.32. The van der Waals surface area contributed by atoms with Crippen molar-refractivity contribution < 1.29 is 14.7 Å². The minimum Gasteiger partial charge on any atom is -0.480 e. The number of nitrogens with one attached hydrogen (secondary N) is 2. The molecule has 0 heterocycles. The Kier molecular flexibility index (Phi) is 5.70. The first-order valence-corrected chi connectivity index (χ1v) is 5.94. The van der Waals surface area contributed by atoms with Gasteiger partial charge in [0.1, 0.15) is 6.04 Å². The van der Waals surface area contributed by atoms with Crippen LogP contribution in [-0.4, -0.2) is 23.1 Å². The van der Waals surface area contributed by atoms with Crippen LogP contribution >= 0.6 is 0 Å². The predicted octanol–water partition coefficient (Wildman–Crippen LogP) is 1.74. The largest absolute Gasteiger partial charge is 0.480 e. The average molecular weight is 250 g/mol. The molecule has 0 aromatic heterocycles. The van der Waals surface area contributed by atoms with Crippen molar-refractivity contribution in [1.29, 1.82) is 0 Å². The summed E-state index contributed by atoms with van der Waals surface area (Å²) in [5.41, 5.74) is 0.968. The monoisotopic (exact) mass is 250 g/mol. The topological polar surface area (TPSA) is 78.4 Å². The molecule has 0 aliphatic heterocycles. The number of benzene rings is 1. The minimum absolute atomic E-state index is 0.380. The highest BCUT2D eigenvalue weighted by Gasteiger charge is 2.18. The second-order valence-electron chi connectivity index (χ2n) is 3.99. The molecule has 1 aromatic carbocycles. The van der Waals surface area contributed by atoms with Crippen LogP contribution in [0.15, 0.2) is 30.3 Å². The molecule has 98 valence electrons. The smallest absolute Gasteiger partial charge is 0.326 e. The van der Waals surface area contributed by atoms with Crippen LogP contribution in [0.5, 0.6) is 0 Å². The number of carbonyl (C=O) groups excluding carboxylic acids is 1. The lowest BCUT2D eigenvalue weighted by Crippen LogP contribution is -2.45. The van der Waals surface area contributed by atoms with Crippen LogP contribution < -0.4 is 10.6 Å². The fourth-order valence-corrected chi connectivity index (χ4v) is 1.53. The third-order valence-electron chi connectivity index (χ3n) is 2.48. The van der Waals surface area contributed by atoms with Crippen molar-refractivity contribution in [2.75, 3.05) is 0 Å². The first-order chi connectivity index (χ1) is 8.63. The molecule has 0 aliphatic carbocycles. The number of hydrogen-bond donors (Lipinski definition) is 3. The summed E-state index contributed by atoms with van der Waals surface area (Å²) in [5, 5.41) is 14.0. The zero-order chi connectivity index (χ0) is 13.4. The van der Waals surface area contributed by atoms with Crippen LogP contribution in [0, 0.1) is 0 Å². The highest BCUT2D eigenvalue weighted by Crippen LogP contribution is 1.98. The number of carbonyl (C=O) groups is 2. The molecule has 0 fully saturated rings. The highest BCUT2D eigenvalue weighted by molar-refractivity contribution is 5.82. The van der Waals surface area contributed by atoms with Crippen LogP contribution in [-0.2, 0) is 11.3 Å². The highest BCUT2D eigenvalue weighted by atomic mass is 16.4. The normalized spacial score (nSPS) is 11.6. The fourth-order valence-electron chi connectivity index (χ4n) is 1.53. The zero-order valence-electron chi connectivity index (χ0n) is 10.3. The molecule has 0 spiro atoms. The van der Waals surface area contributed by atoms with Gasteiger partial charge in [0, 0.05) is 6.54 Å². The Morgan fingerprint density at radius 3 is 2.50 bits per heavy atom. The van der Waals surface area contributed by atoms with E-state index in [2.05, 4.69) is 10.6 Å². The molecule has 1 atom stereocenters. The summed E-state index contributed by atoms with van der Waals surface area (Å²) in [6.45, 7) is 2.25. The van der Waals surface area contributed by atoms with Crippen molar-refractivity contribution >= 4 is 12.0 Å². The van der Waals surface area contributed by atoms with E-state index in [0.717, 1.165) is 5.56 Å². The lowest BCUT2D eigenvalue weighted by molar-refractivity contribution is -0.139. The number of rotatable bonds is 6. The van der Waals surface area contributed by atoms with Gasteiger partial charge < -0.3 is 15.7 Å². The Bertz CT molecular complexity index is 392. The van der Waals surface area contributed by atoms with Crippen molar-refractivity contribution in [3.8, 4) is 0 Å². The molecule has 0 radical (unpaired) electrons.